The van der Waals surface area contributed by atoms with Gasteiger partial charge < -0.3 is 15.8 Å². The van der Waals surface area contributed by atoms with Crippen molar-refractivity contribution in [3.63, 3.8) is 0 Å². The highest BCUT2D eigenvalue weighted by atomic mass is 19.1. The maximum Gasteiger partial charge on any atom is 0.337 e. The number of nitrogens with two attached hydrogens (primary N) is 1. The number of nitrogens with one attached hydrogen (secondary N) is 1. The number of carbonyl (C=O) groups excluding carboxylic acids is 1. The first-order valence-electron chi connectivity index (χ1n) is 6.01. The van der Waals surface area contributed by atoms with Crippen LogP contribution < -0.4 is 11.1 Å². The van der Waals surface area contributed by atoms with Crippen molar-refractivity contribution in [2.45, 2.75) is 6.92 Å². The molecule has 0 radical (unpaired) electrons. The number of hydrogen-bond donors (Lipinski definition) is 2. The molecule has 0 atom stereocenters. The van der Waals surface area contributed by atoms with Gasteiger partial charge in [0.05, 0.1) is 24.0 Å². The van der Waals surface area contributed by atoms with Crippen molar-refractivity contribution in [1.82, 2.24) is 0 Å². The summed E-state index contributed by atoms with van der Waals surface area (Å²) < 4.78 is 18.0. The molecule has 0 aliphatic carbocycles. The molecule has 4 nitrogen and oxygen atoms in total. The van der Waals surface area contributed by atoms with Crippen molar-refractivity contribution < 1.29 is 13.9 Å². The van der Waals surface area contributed by atoms with Crippen molar-refractivity contribution in [1.29, 1.82) is 0 Å². The fourth-order valence-electron chi connectivity index (χ4n) is 1.87. The second kappa shape index (κ2) is 5.61. The zero-order valence-corrected chi connectivity index (χ0v) is 11.2. The highest BCUT2D eigenvalue weighted by molar-refractivity contribution is 5.92. The molecule has 0 aliphatic heterocycles. The lowest BCUT2D eigenvalue weighted by Crippen LogP contribution is -2.04. The molecular formula is C15H15FN2O2. The second-order valence-corrected chi connectivity index (χ2v) is 4.44. The molecule has 20 heavy (non-hydrogen) atoms. The molecule has 3 N–H and O–H groups in total. The first-order valence-corrected chi connectivity index (χ1v) is 6.01. The number of carbonyl (C=O) groups is 1. The molecule has 0 saturated heterocycles. The summed E-state index contributed by atoms with van der Waals surface area (Å²) in [6.07, 6.45) is 0. The van der Waals surface area contributed by atoms with Gasteiger partial charge in [-0.3, -0.25) is 0 Å². The van der Waals surface area contributed by atoms with Crippen molar-refractivity contribution in [3.8, 4) is 0 Å². The van der Waals surface area contributed by atoms with Crippen LogP contribution in [0.4, 0.5) is 21.5 Å². The van der Waals surface area contributed by atoms with Gasteiger partial charge in [-0.15, -0.1) is 0 Å². The molecule has 0 bridgehead atoms. The Kier molecular flexibility index (Phi) is 3.89. The molecule has 5 heteroatoms. The minimum absolute atomic E-state index is 0.338. The first-order chi connectivity index (χ1) is 9.49. The van der Waals surface area contributed by atoms with Gasteiger partial charge in [-0.05, 0) is 48.9 Å². The van der Waals surface area contributed by atoms with Crippen LogP contribution in [-0.2, 0) is 4.74 Å². The van der Waals surface area contributed by atoms with Gasteiger partial charge >= 0.3 is 5.97 Å². The Morgan fingerprint density at radius 1 is 1.25 bits per heavy atom. The molecule has 2 rings (SSSR count). The van der Waals surface area contributed by atoms with Crippen molar-refractivity contribution in [2.75, 3.05) is 18.2 Å². The van der Waals surface area contributed by atoms with Gasteiger partial charge in [-0.25, -0.2) is 9.18 Å². The van der Waals surface area contributed by atoms with Gasteiger partial charge in [-0.2, -0.15) is 0 Å². The van der Waals surface area contributed by atoms with Crippen LogP contribution in [0.25, 0.3) is 0 Å². The molecule has 0 unspecified atom stereocenters. The molecule has 2 aromatic carbocycles. The Hall–Kier alpha value is -2.56. The van der Waals surface area contributed by atoms with Crippen molar-refractivity contribution in [2.24, 2.45) is 0 Å². The third-order valence-corrected chi connectivity index (χ3v) is 2.80. The van der Waals surface area contributed by atoms with E-state index in [1.165, 1.54) is 19.2 Å². The van der Waals surface area contributed by atoms with Crippen molar-refractivity contribution >= 4 is 23.0 Å². The van der Waals surface area contributed by atoms with Crippen LogP contribution in [0.2, 0.25) is 0 Å². The number of rotatable bonds is 3. The molecule has 104 valence electrons. The quantitative estimate of drug-likeness (QED) is 0.666. The normalized spacial score (nSPS) is 10.2. The highest BCUT2D eigenvalue weighted by Crippen LogP contribution is 2.25. The fraction of sp³-hybridized carbons (Fsp3) is 0.133. The van der Waals surface area contributed by atoms with Crippen LogP contribution in [-0.4, -0.2) is 13.1 Å². The van der Waals surface area contributed by atoms with E-state index in [2.05, 4.69) is 10.1 Å². The van der Waals surface area contributed by atoms with Crippen molar-refractivity contribution in [3.05, 3.63) is 53.3 Å². The second-order valence-electron chi connectivity index (χ2n) is 4.44. The molecule has 0 aliphatic rings. The summed E-state index contributed by atoms with van der Waals surface area (Å²) in [4.78, 5) is 11.5. The average molecular weight is 274 g/mol. The van der Waals surface area contributed by atoms with E-state index in [0.717, 1.165) is 5.56 Å². The summed E-state index contributed by atoms with van der Waals surface area (Å²) in [5, 5.41) is 3.00. The maximum absolute atomic E-state index is 13.3. The maximum atomic E-state index is 13.3. The summed E-state index contributed by atoms with van der Waals surface area (Å²) in [5.74, 6) is -0.793. The molecule has 0 saturated carbocycles. The Morgan fingerprint density at radius 2 is 2.00 bits per heavy atom. The molecule has 0 amide bonds. The molecular weight excluding hydrogens is 259 g/mol. The fourth-order valence-corrected chi connectivity index (χ4v) is 1.87. The highest BCUT2D eigenvalue weighted by Gasteiger charge is 2.09. The topological polar surface area (TPSA) is 64.3 Å². The van der Waals surface area contributed by atoms with Gasteiger partial charge in [0, 0.05) is 5.69 Å². The van der Waals surface area contributed by atoms with Gasteiger partial charge in [0.1, 0.15) is 5.82 Å². The standard InChI is InChI=1S/C15H15FN2O2/c1-9-5-11(16)8-12(6-9)18-14-7-10(15(19)20-2)3-4-13(14)17/h3-8,18H,17H2,1-2H3. The minimum Gasteiger partial charge on any atom is -0.465 e. The number of nitrogen functional groups attached to an aromatic ring is 1. The van der Waals surface area contributed by atoms with Crippen LogP contribution in [0.5, 0.6) is 0 Å². The van der Waals surface area contributed by atoms with E-state index in [1.54, 1.807) is 31.2 Å². The molecule has 0 spiro atoms. The van der Waals surface area contributed by atoms with Crippen LogP contribution in [0.1, 0.15) is 15.9 Å². The van der Waals surface area contributed by atoms with Crippen LogP contribution in [0, 0.1) is 12.7 Å². The predicted molar refractivity (Wildman–Crippen MR) is 76.6 cm³/mol. The summed E-state index contributed by atoms with van der Waals surface area (Å²) in [6.45, 7) is 1.79. The van der Waals surface area contributed by atoms with Gasteiger partial charge in [0.15, 0.2) is 0 Å². The first kappa shape index (κ1) is 13.9. The lowest BCUT2D eigenvalue weighted by Gasteiger charge is -2.11. The minimum atomic E-state index is -0.455. The Morgan fingerprint density at radius 3 is 2.65 bits per heavy atom. The van der Waals surface area contributed by atoms with Gasteiger partial charge in [0.25, 0.3) is 0 Å². The number of halogens is 1. The number of esters is 1. The number of anilines is 3. The van der Waals surface area contributed by atoms with E-state index in [4.69, 9.17) is 5.73 Å². The number of methoxy groups -OCH3 is 1. The van der Waals surface area contributed by atoms with Crippen LogP contribution >= 0.6 is 0 Å². The lowest BCUT2D eigenvalue weighted by molar-refractivity contribution is 0.0601. The van der Waals surface area contributed by atoms with Crippen LogP contribution in [0.3, 0.4) is 0 Å². The molecule has 0 fully saturated rings. The Labute approximate surface area is 116 Å². The molecule has 0 aromatic heterocycles. The van der Waals surface area contributed by atoms with E-state index in [9.17, 15) is 9.18 Å². The summed E-state index contributed by atoms with van der Waals surface area (Å²) >= 11 is 0. The molecule has 2 aromatic rings. The van der Waals surface area contributed by atoms with E-state index >= 15 is 0 Å². The van der Waals surface area contributed by atoms with Gasteiger partial charge in [0.2, 0.25) is 0 Å². The number of ether oxygens (including phenoxy) is 1. The zero-order chi connectivity index (χ0) is 14.7. The Balaban J connectivity index is 2.34. The predicted octanol–water partition coefficient (Wildman–Crippen LogP) is 3.25. The molecule has 0 heterocycles. The smallest absolute Gasteiger partial charge is 0.337 e. The number of aryl methyl sites for hydroxylation is 1. The summed E-state index contributed by atoms with van der Waals surface area (Å²) in [5.41, 5.74) is 8.56. The third kappa shape index (κ3) is 3.06. The largest absolute Gasteiger partial charge is 0.465 e. The number of hydrogen-bond acceptors (Lipinski definition) is 4. The van der Waals surface area contributed by atoms with E-state index < -0.39 is 5.97 Å². The summed E-state index contributed by atoms with van der Waals surface area (Å²) in [6, 6.07) is 9.31. The van der Waals surface area contributed by atoms with Crippen LogP contribution in [0.15, 0.2) is 36.4 Å². The Bertz CT molecular complexity index is 636. The lowest BCUT2D eigenvalue weighted by atomic mass is 10.1. The van der Waals surface area contributed by atoms with E-state index in [1.807, 2.05) is 0 Å². The summed E-state index contributed by atoms with van der Waals surface area (Å²) in [7, 11) is 1.31. The average Bonchev–Trinajstić information content (AvgIpc) is 2.39. The third-order valence-electron chi connectivity index (χ3n) is 2.80. The zero-order valence-electron chi connectivity index (χ0n) is 11.2. The van der Waals surface area contributed by atoms with E-state index in [-0.39, 0.29) is 5.82 Å². The van der Waals surface area contributed by atoms with E-state index in [0.29, 0.717) is 22.6 Å². The SMILES string of the molecule is COC(=O)c1ccc(N)c(Nc2cc(C)cc(F)c2)c1. The monoisotopic (exact) mass is 274 g/mol. The van der Waals surface area contributed by atoms with Gasteiger partial charge in [-0.1, -0.05) is 0 Å². The number of benzene rings is 2.